The van der Waals surface area contributed by atoms with Gasteiger partial charge in [-0.25, -0.2) is 0 Å². The summed E-state index contributed by atoms with van der Waals surface area (Å²) in [5.41, 5.74) is 1.35. The molecule has 1 aromatic heterocycles. The SMILES string of the molecule is C[B]C1CCN(C(=O)C(=O)c2c[nH]c3ccccc23)CC1. The summed E-state index contributed by atoms with van der Waals surface area (Å²) in [6.45, 7) is 3.39. The summed E-state index contributed by atoms with van der Waals surface area (Å²) in [7, 11) is 2.18. The smallest absolute Gasteiger partial charge is 0.295 e. The Labute approximate surface area is 124 Å². The van der Waals surface area contributed by atoms with Crippen molar-refractivity contribution >= 4 is 29.9 Å². The number of ketones is 1. The van der Waals surface area contributed by atoms with Gasteiger partial charge >= 0.3 is 0 Å². The highest BCUT2D eigenvalue weighted by atomic mass is 16.2. The van der Waals surface area contributed by atoms with Crippen LogP contribution in [0, 0.1) is 0 Å². The van der Waals surface area contributed by atoms with Gasteiger partial charge in [-0.2, -0.15) is 0 Å². The molecule has 4 nitrogen and oxygen atoms in total. The summed E-state index contributed by atoms with van der Waals surface area (Å²) < 4.78 is 0. The molecule has 5 heteroatoms. The molecule has 0 saturated carbocycles. The Balaban J connectivity index is 1.77. The first-order valence-electron chi connectivity index (χ1n) is 7.40. The van der Waals surface area contributed by atoms with Crippen LogP contribution in [0.5, 0.6) is 0 Å². The number of aromatic amines is 1. The zero-order chi connectivity index (χ0) is 14.8. The zero-order valence-corrected chi connectivity index (χ0v) is 12.1. The lowest BCUT2D eigenvalue weighted by Crippen LogP contribution is -2.41. The van der Waals surface area contributed by atoms with Crippen LogP contribution in [-0.2, 0) is 4.79 Å². The Kier molecular flexibility index (Phi) is 3.82. The van der Waals surface area contributed by atoms with E-state index < -0.39 is 5.78 Å². The van der Waals surface area contributed by atoms with Gasteiger partial charge in [0.2, 0.25) is 0 Å². The van der Waals surface area contributed by atoms with E-state index in [1.165, 1.54) is 0 Å². The van der Waals surface area contributed by atoms with Crippen molar-refractivity contribution in [2.24, 2.45) is 0 Å². The normalized spacial score (nSPS) is 16.1. The second-order valence-corrected chi connectivity index (χ2v) is 5.54. The highest BCUT2D eigenvalue weighted by Crippen LogP contribution is 2.23. The molecule has 1 radical (unpaired) electrons. The minimum Gasteiger partial charge on any atom is -0.360 e. The Morgan fingerprint density at radius 2 is 1.95 bits per heavy atom. The van der Waals surface area contributed by atoms with E-state index in [1.54, 1.807) is 11.1 Å². The van der Waals surface area contributed by atoms with Gasteiger partial charge in [-0.05, 0) is 18.9 Å². The van der Waals surface area contributed by atoms with Gasteiger partial charge in [0.05, 0.1) is 5.56 Å². The van der Waals surface area contributed by atoms with Crippen molar-refractivity contribution in [1.82, 2.24) is 9.88 Å². The van der Waals surface area contributed by atoms with E-state index in [-0.39, 0.29) is 5.91 Å². The lowest BCUT2D eigenvalue weighted by molar-refractivity contribution is -0.127. The maximum atomic E-state index is 12.5. The van der Waals surface area contributed by atoms with Gasteiger partial charge in [-0.15, -0.1) is 0 Å². The fraction of sp³-hybridized carbons (Fsp3) is 0.375. The van der Waals surface area contributed by atoms with Crippen LogP contribution in [-0.4, -0.2) is 41.9 Å². The lowest BCUT2D eigenvalue weighted by Gasteiger charge is -2.30. The van der Waals surface area contributed by atoms with Crippen molar-refractivity contribution in [1.29, 1.82) is 0 Å². The molecule has 21 heavy (non-hydrogen) atoms. The Morgan fingerprint density at radius 3 is 2.67 bits per heavy atom. The molecule has 1 amide bonds. The number of carbonyl (C=O) groups is 2. The number of H-pyrrole nitrogens is 1. The third-order valence-corrected chi connectivity index (χ3v) is 4.33. The number of para-hydroxylation sites is 1. The summed E-state index contributed by atoms with van der Waals surface area (Å²) >= 11 is 0. The van der Waals surface area contributed by atoms with Crippen LogP contribution in [0.3, 0.4) is 0 Å². The van der Waals surface area contributed by atoms with Crippen molar-refractivity contribution in [2.45, 2.75) is 25.5 Å². The molecule has 0 atom stereocenters. The van der Waals surface area contributed by atoms with Crippen molar-refractivity contribution < 1.29 is 9.59 Å². The number of piperidine rings is 1. The maximum Gasteiger partial charge on any atom is 0.295 e. The molecule has 1 aromatic carbocycles. The Morgan fingerprint density at radius 1 is 1.24 bits per heavy atom. The average molecular weight is 281 g/mol. The Bertz CT molecular complexity index is 672. The fourth-order valence-corrected chi connectivity index (χ4v) is 2.95. The fourth-order valence-electron chi connectivity index (χ4n) is 2.95. The van der Waals surface area contributed by atoms with Gasteiger partial charge in [-0.1, -0.05) is 30.8 Å². The van der Waals surface area contributed by atoms with Gasteiger partial charge in [0.25, 0.3) is 11.7 Å². The molecule has 1 fully saturated rings. The second kappa shape index (κ2) is 5.76. The van der Waals surface area contributed by atoms with E-state index in [2.05, 4.69) is 19.1 Å². The van der Waals surface area contributed by atoms with Crippen LogP contribution in [0.1, 0.15) is 23.2 Å². The van der Waals surface area contributed by atoms with Gasteiger partial charge < -0.3 is 9.88 Å². The average Bonchev–Trinajstić information content (AvgIpc) is 2.97. The monoisotopic (exact) mass is 281 g/mol. The molecule has 3 rings (SSSR count). The van der Waals surface area contributed by atoms with Crippen LogP contribution in [0.2, 0.25) is 12.6 Å². The molecule has 107 valence electrons. The summed E-state index contributed by atoms with van der Waals surface area (Å²) in [5, 5.41) is 0.813. The van der Waals surface area contributed by atoms with Crippen LogP contribution >= 0.6 is 0 Å². The zero-order valence-electron chi connectivity index (χ0n) is 12.1. The first-order valence-corrected chi connectivity index (χ1v) is 7.40. The molecule has 0 aliphatic carbocycles. The molecule has 0 spiro atoms. The summed E-state index contributed by atoms with van der Waals surface area (Å²) in [6, 6.07) is 7.55. The van der Waals surface area contributed by atoms with Gasteiger partial charge in [0.1, 0.15) is 7.28 Å². The minimum absolute atomic E-state index is 0.380. The van der Waals surface area contributed by atoms with Crippen molar-refractivity contribution in [3.8, 4) is 0 Å². The molecule has 1 saturated heterocycles. The predicted molar refractivity (Wildman–Crippen MR) is 83.8 cm³/mol. The molecular formula is C16H18BN2O2. The molecule has 0 bridgehead atoms. The van der Waals surface area contributed by atoms with E-state index in [0.717, 1.165) is 23.7 Å². The second-order valence-electron chi connectivity index (χ2n) is 5.54. The largest absolute Gasteiger partial charge is 0.360 e. The number of nitrogens with zero attached hydrogens (tertiary/aromatic N) is 1. The molecular weight excluding hydrogens is 263 g/mol. The number of fused-ring (bicyclic) bond motifs is 1. The summed E-state index contributed by atoms with van der Waals surface area (Å²) in [6.07, 6.45) is 3.53. The number of benzene rings is 1. The molecule has 1 aliphatic heterocycles. The summed E-state index contributed by atoms with van der Waals surface area (Å²) in [5.74, 6) is -0.224. The van der Waals surface area contributed by atoms with E-state index >= 15 is 0 Å². The highest BCUT2D eigenvalue weighted by Gasteiger charge is 2.28. The van der Waals surface area contributed by atoms with Crippen LogP contribution in [0.4, 0.5) is 0 Å². The topological polar surface area (TPSA) is 53.2 Å². The quantitative estimate of drug-likeness (QED) is 0.534. The van der Waals surface area contributed by atoms with E-state index in [0.29, 0.717) is 24.5 Å². The minimum atomic E-state index is -0.411. The molecule has 2 aromatic rings. The third-order valence-electron chi connectivity index (χ3n) is 4.33. The number of hydrogen-bond acceptors (Lipinski definition) is 2. The number of amides is 1. The maximum absolute atomic E-state index is 12.5. The number of nitrogens with one attached hydrogen (secondary N) is 1. The Hall–Kier alpha value is -2.04. The number of aromatic nitrogens is 1. The number of Topliss-reactive ketones (excluding diaryl/α,β-unsaturated/α-hetero) is 1. The van der Waals surface area contributed by atoms with E-state index in [4.69, 9.17) is 0 Å². The first kappa shape index (κ1) is 13.9. The predicted octanol–water partition coefficient (Wildman–Crippen LogP) is 2.51. The first-order chi connectivity index (χ1) is 10.2. The molecule has 2 heterocycles. The number of rotatable bonds is 3. The van der Waals surface area contributed by atoms with Gasteiger partial charge in [-0.3, -0.25) is 9.59 Å². The van der Waals surface area contributed by atoms with E-state index in [1.807, 2.05) is 24.3 Å². The van der Waals surface area contributed by atoms with E-state index in [9.17, 15) is 9.59 Å². The van der Waals surface area contributed by atoms with Crippen LogP contribution in [0.25, 0.3) is 10.9 Å². The van der Waals surface area contributed by atoms with Crippen molar-refractivity contribution in [2.75, 3.05) is 13.1 Å². The number of hydrogen-bond donors (Lipinski definition) is 1. The number of carbonyl (C=O) groups excluding carboxylic acids is 2. The summed E-state index contributed by atoms with van der Waals surface area (Å²) in [4.78, 5) is 29.6. The highest BCUT2D eigenvalue weighted by molar-refractivity contribution is 6.45. The van der Waals surface area contributed by atoms with Crippen molar-refractivity contribution in [3.63, 3.8) is 0 Å². The molecule has 1 N–H and O–H groups in total. The molecule has 1 aliphatic rings. The van der Waals surface area contributed by atoms with Crippen molar-refractivity contribution in [3.05, 3.63) is 36.0 Å². The molecule has 0 unspecified atom stereocenters. The van der Waals surface area contributed by atoms with Crippen LogP contribution in [0.15, 0.2) is 30.5 Å². The number of likely N-dealkylation sites (tertiary alicyclic amines) is 1. The standard InChI is InChI=1S/C16H18BN2O2/c1-17-11-6-8-19(9-7-11)16(21)15(20)13-10-18-14-5-3-2-4-12(13)14/h2-5,10-11,18H,6-9H2,1H3. The van der Waals surface area contributed by atoms with Gasteiger partial charge in [0, 0.05) is 30.2 Å². The lowest BCUT2D eigenvalue weighted by atomic mass is 9.63. The van der Waals surface area contributed by atoms with Gasteiger partial charge in [0.15, 0.2) is 0 Å². The van der Waals surface area contributed by atoms with Crippen LogP contribution < -0.4 is 0 Å². The third kappa shape index (κ3) is 2.60.